The van der Waals surface area contributed by atoms with Gasteiger partial charge in [-0.2, -0.15) is 31.0 Å². The van der Waals surface area contributed by atoms with Crippen molar-refractivity contribution in [3.05, 3.63) is 126 Å². The zero-order valence-electron chi connectivity index (χ0n) is 30.5. The molecule has 0 aliphatic rings. The summed E-state index contributed by atoms with van der Waals surface area (Å²) in [6.45, 7) is 4.42. The summed E-state index contributed by atoms with van der Waals surface area (Å²) >= 11 is 35.4. The predicted molar refractivity (Wildman–Crippen MR) is 218 cm³/mol. The number of amides is 1. The number of carbonyl (C=O) groups excluding carboxylic acids is 2. The van der Waals surface area contributed by atoms with Gasteiger partial charge < -0.3 is 14.8 Å². The highest BCUT2D eigenvalue weighted by Crippen LogP contribution is 2.43. The summed E-state index contributed by atoms with van der Waals surface area (Å²) in [7, 11) is 0. The van der Waals surface area contributed by atoms with Crippen molar-refractivity contribution < 1.29 is 45.4 Å². The normalized spacial score (nSPS) is 11.0. The van der Waals surface area contributed by atoms with E-state index in [1.54, 1.807) is 68.4 Å². The average Bonchev–Trinajstić information content (AvgIpc) is 3.83. The van der Waals surface area contributed by atoms with E-state index < -0.39 is 29.5 Å². The van der Waals surface area contributed by atoms with E-state index in [0.29, 0.717) is 52.2 Å². The number of ether oxygens (including phenoxy) is 2. The Morgan fingerprint density at radius 1 is 0.717 bits per heavy atom. The van der Waals surface area contributed by atoms with Gasteiger partial charge in [-0.25, -0.2) is 14.6 Å². The minimum absolute atomic E-state index is 0.0882. The predicted octanol–water partition coefficient (Wildman–Crippen LogP) is 14.1. The first-order valence-electron chi connectivity index (χ1n) is 16.7. The van der Waals surface area contributed by atoms with Crippen LogP contribution in [0, 0.1) is 0 Å². The number of hydrogen-bond acceptors (Lipinski definition) is 7. The van der Waals surface area contributed by atoms with E-state index in [1.165, 1.54) is 12.1 Å². The van der Waals surface area contributed by atoms with E-state index in [9.17, 15) is 31.1 Å². The molecule has 0 aliphatic carbocycles. The number of hydrogen-bond donors (Lipinski definition) is 2. The summed E-state index contributed by atoms with van der Waals surface area (Å²) < 4.78 is 89.0. The molecule has 0 saturated heterocycles. The molecule has 1 amide bonds. The smallest absolute Gasteiger partial charge is 0.416 e. The molecule has 0 aliphatic heterocycles. The van der Waals surface area contributed by atoms with Gasteiger partial charge in [0.1, 0.15) is 0 Å². The minimum atomic E-state index is -4.62. The molecule has 2 heterocycles. The molecule has 2 N–H and O–H groups in total. The summed E-state index contributed by atoms with van der Waals surface area (Å²) in [5.41, 5.74) is 0.435. The Morgan fingerprint density at radius 2 is 1.17 bits per heavy atom. The van der Waals surface area contributed by atoms with Crippen molar-refractivity contribution >= 4 is 81.7 Å². The SMILES string of the molecule is CCN=C=O.CCNC(=O)n1nc(Oc2c(Cl)cc(C(F)(F)F)cc2Cl)cc1-c1ccc(Cl)cc1.FC(F)(F)c1cc(Cl)c(Oc2cc(-c3ccc(Cl)cc3)[nH]n2)c(Cl)c1. The lowest BCUT2D eigenvalue weighted by atomic mass is 10.1. The Labute approximate surface area is 366 Å². The topological polar surface area (TPSA) is 123 Å². The zero-order valence-corrected chi connectivity index (χ0v) is 35.0. The van der Waals surface area contributed by atoms with E-state index in [1.807, 2.05) is 0 Å². The van der Waals surface area contributed by atoms with E-state index in [2.05, 4.69) is 25.6 Å². The quantitative estimate of drug-likeness (QED) is 0.0890. The first-order chi connectivity index (χ1) is 28.2. The Morgan fingerprint density at radius 3 is 1.57 bits per heavy atom. The second kappa shape index (κ2) is 21.0. The maximum atomic E-state index is 12.9. The standard InChI is InChI=1S/C19H13Cl3F3N3O2.C16H8Cl3F3N2O.C3H5NO/c1-2-26-18(29)28-15(10-3-5-12(20)6-4-10)9-16(27-28)30-17-13(21)7-11(8-14(17)22)19(23,24)25;17-10-3-1-8(2-4-10)13-7-14(24-23-13)25-15-11(18)5-9(6-12(15)19)16(20,21)22;1-2-4-3-5/h3-9H,2H2,1H3,(H,26,29);1-7H,(H,23,24);2H2,1H3. The molecule has 60 heavy (non-hydrogen) atoms. The number of alkyl halides is 6. The van der Waals surface area contributed by atoms with Crippen molar-refractivity contribution in [2.75, 3.05) is 13.1 Å². The maximum absolute atomic E-state index is 12.9. The Balaban J connectivity index is 0.000000241. The van der Waals surface area contributed by atoms with Gasteiger partial charge in [0.25, 0.3) is 0 Å². The Hall–Kier alpha value is -4.93. The van der Waals surface area contributed by atoms with Crippen molar-refractivity contribution in [1.82, 2.24) is 25.3 Å². The molecule has 0 fully saturated rings. The van der Waals surface area contributed by atoms with Crippen LogP contribution in [0.25, 0.3) is 22.5 Å². The van der Waals surface area contributed by atoms with Crippen molar-refractivity contribution in [3.8, 4) is 45.8 Å². The van der Waals surface area contributed by atoms with E-state index in [0.717, 1.165) is 22.4 Å². The van der Waals surface area contributed by atoms with Gasteiger partial charge in [0.2, 0.25) is 17.8 Å². The molecule has 0 unspecified atom stereocenters. The maximum Gasteiger partial charge on any atom is 0.416 e. The first-order valence-corrected chi connectivity index (χ1v) is 19.0. The number of aromatic nitrogens is 4. The van der Waals surface area contributed by atoms with Crippen molar-refractivity contribution in [2.24, 2.45) is 4.99 Å². The number of H-pyrrole nitrogens is 1. The fourth-order valence-corrected chi connectivity index (χ4v) is 6.05. The van der Waals surface area contributed by atoms with Gasteiger partial charge in [-0.1, -0.05) is 93.9 Å². The number of carbonyl (C=O) groups is 1. The summed E-state index contributed by atoms with van der Waals surface area (Å²) in [6.07, 6.45) is -7.78. The van der Waals surface area contributed by atoms with Gasteiger partial charge in [-0.3, -0.25) is 5.10 Å². The highest BCUT2D eigenvalue weighted by molar-refractivity contribution is 6.38. The third-order valence-corrected chi connectivity index (χ3v) is 8.97. The third kappa shape index (κ3) is 13.0. The molecule has 316 valence electrons. The largest absolute Gasteiger partial charge is 0.434 e. The summed E-state index contributed by atoms with van der Waals surface area (Å²) in [6, 6.07) is 19.0. The molecular weight excluding hydrogens is 931 g/mol. The molecule has 0 radical (unpaired) electrons. The van der Waals surface area contributed by atoms with Crippen molar-refractivity contribution in [2.45, 2.75) is 26.2 Å². The molecule has 4 aromatic carbocycles. The molecule has 0 spiro atoms. The minimum Gasteiger partial charge on any atom is -0.434 e. The fraction of sp³-hybridized carbons (Fsp3) is 0.158. The highest BCUT2D eigenvalue weighted by atomic mass is 35.5. The summed E-state index contributed by atoms with van der Waals surface area (Å²) in [5, 5.41) is 13.2. The Bertz CT molecular complexity index is 2430. The average molecular weight is 957 g/mol. The van der Waals surface area contributed by atoms with Gasteiger partial charge in [0, 0.05) is 40.8 Å². The molecule has 10 nitrogen and oxygen atoms in total. The second-order valence-corrected chi connectivity index (χ2v) is 14.1. The van der Waals surface area contributed by atoms with E-state index >= 15 is 0 Å². The van der Waals surface area contributed by atoms with Crippen LogP contribution in [0.3, 0.4) is 0 Å². The fourth-order valence-electron chi connectivity index (χ4n) is 4.67. The molecule has 0 atom stereocenters. The van der Waals surface area contributed by atoms with Crippen LogP contribution in [0.2, 0.25) is 30.1 Å². The number of aromatic amines is 1. The molecule has 6 rings (SSSR count). The lowest BCUT2D eigenvalue weighted by Gasteiger charge is -2.11. The first kappa shape index (κ1) is 47.7. The molecular formula is C38H26Cl6F6N6O4. The number of rotatable bonds is 8. The number of nitrogens with one attached hydrogen (secondary N) is 2. The number of aliphatic imine (C=N–C) groups is 1. The van der Waals surface area contributed by atoms with E-state index in [-0.39, 0.29) is 43.3 Å². The van der Waals surface area contributed by atoms with Gasteiger partial charge >= 0.3 is 18.4 Å². The lowest BCUT2D eigenvalue weighted by molar-refractivity contribution is -0.138. The highest BCUT2D eigenvalue weighted by Gasteiger charge is 2.33. The van der Waals surface area contributed by atoms with Crippen LogP contribution in [0.15, 0.2) is 89.9 Å². The van der Waals surface area contributed by atoms with Crippen LogP contribution < -0.4 is 14.8 Å². The van der Waals surface area contributed by atoms with Crippen LogP contribution in [0.1, 0.15) is 25.0 Å². The van der Waals surface area contributed by atoms with Gasteiger partial charge in [0.05, 0.1) is 42.6 Å². The second-order valence-electron chi connectivity index (χ2n) is 11.6. The monoisotopic (exact) mass is 954 g/mol. The van der Waals surface area contributed by atoms with E-state index in [4.69, 9.17) is 83.9 Å². The number of halogens is 12. The van der Waals surface area contributed by atoms with Crippen molar-refractivity contribution in [1.29, 1.82) is 0 Å². The number of nitrogens with zero attached hydrogens (tertiary/aromatic N) is 4. The number of benzene rings is 4. The summed E-state index contributed by atoms with van der Waals surface area (Å²) in [4.78, 5) is 24.7. The van der Waals surface area contributed by atoms with Crippen molar-refractivity contribution in [3.63, 3.8) is 0 Å². The molecule has 22 heteroatoms. The number of isocyanates is 1. The van der Waals surface area contributed by atoms with Crippen LogP contribution in [0.5, 0.6) is 23.3 Å². The summed E-state index contributed by atoms with van der Waals surface area (Å²) in [5.74, 6) is -0.303. The van der Waals surface area contributed by atoms with Gasteiger partial charge in [-0.15, -0.1) is 10.2 Å². The van der Waals surface area contributed by atoms with Crippen LogP contribution in [-0.2, 0) is 17.1 Å². The van der Waals surface area contributed by atoms with Crippen LogP contribution in [0.4, 0.5) is 31.1 Å². The van der Waals surface area contributed by atoms with Gasteiger partial charge in [-0.05, 0) is 67.9 Å². The Kier molecular flexibility index (Phi) is 16.7. The third-order valence-electron chi connectivity index (χ3n) is 7.34. The molecule has 0 bridgehead atoms. The lowest BCUT2D eigenvalue weighted by Crippen LogP contribution is -2.29. The van der Waals surface area contributed by atoms with Gasteiger partial charge in [0.15, 0.2) is 11.5 Å². The molecule has 6 aromatic rings. The molecule has 2 aromatic heterocycles. The zero-order chi connectivity index (χ0) is 44.4. The van der Waals surface area contributed by atoms with Crippen LogP contribution in [-0.4, -0.2) is 45.2 Å². The molecule has 0 saturated carbocycles. The van der Waals surface area contributed by atoms with Crippen LogP contribution >= 0.6 is 69.6 Å².